The van der Waals surface area contributed by atoms with Gasteiger partial charge in [-0.15, -0.1) is 0 Å². The Morgan fingerprint density at radius 1 is 1.17 bits per heavy atom. The molecular weight excluding hydrogens is 544 g/mol. The summed E-state index contributed by atoms with van der Waals surface area (Å²) in [5, 5.41) is 4.96. The van der Waals surface area contributed by atoms with Crippen LogP contribution in [0.4, 0.5) is 10.7 Å². The molecule has 2 aliphatic rings. The Hall–Kier alpha value is -1.92. The predicted molar refractivity (Wildman–Crippen MR) is 146 cm³/mol. The number of rotatable bonds is 6. The molecule has 4 rings (SSSR count). The minimum atomic E-state index is -1.21. The highest BCUT2D eigenvalue weighted by Gasteiger charge is 2.42. The number of halogens is 1. The molecule has 0 N–H and O–H groups in total. The number of hydrogen-bond acceptors (Lipinski definition) is 7. The first kappa shape index (κ1) is 27.1. The summed E-state index contributed by atoms with van der Waals surface area (Å²) in [6.07, 6.45) is 2.64. The van der Waals surface area contributed by atoms with Crippen LogP contribution in [0.5, 0.6) is 0 Å². The summed E-state index contributed by atoms with van der Waals surface area (Å²) in [5.41, 5.74) is -0.175. The summed E-state index contributed by atoms with van der Waals surface area (Å²) in [6, 6.07) is 1.18. The zero-order chi connectivity index (χ0) is 26.4. The molecule has 0 aromatic carbocycles. The van der Waals surface area contributed by atoms with Crippen LogP contribution in [-0.2, 0) is 23.3 Å². The van der Waals surface area contributed by atoms with Crippen LogP contribution in [0.1, 0.15) is 40.0 Å². The monoisotopic (exact) mass is 582 g/mol. The topological polar surface area (TPSA) is 94.7 Å². The van der Waals surface area contributed by atoms with Gasteiger partial charge in [0.2, 0.25) is 5.95 Å². The smallest absolute Gasteiger partial charge is 0.410 e. The summed E-state index contributed by atoms with van der Waals surface area (Å²) in [7, 11) is 0.550. The maximum atomic E-state index is 13.4. The van der Waals surface area contributed by atoms with Crippen molar-refractivity contribution in [1.29, 1.82) is 0 Å². The molecular formula is C24H39BrN6O4Si. The fraction of sp³-hybridized carbons (Fsp3) is 0.750. The van der Waals surface area contributed by atoms with Crippen LogP contribution in [0, 0.1) is 0 Å². The van der Waals surface area contributed by atoms with Gasteiger partial charge in [-0.05, 0) is 62.0 Å². The molecule has 1 amide bonds. The lowest BCUT2D eigenvalue weighted by atomic mass is 9.91. The van der Waals surface area contributed by atoms with Crippen LogP contribution < -0.4 is 10.5 Å². The molecule has 2 unspecified atom stereocenters. The van der Waals surface area contributed by atoms with Gasteiger partial charge in [0, 0.05) is 46.9 Å². The molecule has 2 bridgehead atoms. The van der Waals surface area contributed by atoms with Gasteiger partial charge < -0.3 is 19.3 Å². The molecule has 2 saturated heterocycles. The summed E-state index contributed by atoms with van der Waals surface area (Å²) in [6.45, 7) is 14.6. The van der Waals surface area contributed by atoms with Gasteiger partial charge in [-0.1, -0.05) is 19.6 Å². The molecule has 0 aliphatic carbocycles. The van der Waals surface area contributed by atoms with E-state index in [1.807, 2.05) is 20.8 Å². The number of hydrogen-bond donors (Lipinski definition) is 0. The number of piperidine rings is 1. The van der Waals surface area contributed by atoms with Crippen molar-refractivity contribution in [2.75, 3.05) is 24.6 Å². The van der Waals surface area contributed by atoms with E-state index in [0.717, 1.165) is 25.3 Å². The summed E-state index contributed by atoms with van der Waals surface area (Å²) in [4.78, 5) is 35.3. The van der Waals surface area contributed by atoms with Gasteiger partial charge in [-0.3, -0.25) is 9.36 Å². The first-order valence-corrected chi connectivity index (χ1v) is 17.2. The van der Waals surface area contributed by atoms with E-state index in [-0.39, 0.29) is 30.5 Å². The predicted octanol–water partition coefficient (Wildman–Crippen LogP) is 4.18. The highest BCUT2D eigenvalue weighted by molar-refractivity contribution is 9.10. The van der Waals surface area contributed by atoms with Crippen molar-refractivity contribution < 1.29 is 14.3 Å². The number of ether oxygens (including phenoxy) is 2. The van der Waals surface area contributed by atoms with Gasteiger partial charge in [0.05, 0.1) is 0 Å². The number of nitrogens with zero attached hydrogens (tertiary/aromatic N) is 6. The van der Waals surface area contributed by atoms with E-state index in [4.69, 9.17) is 14.5 Å². The van der Waals surface area contributed by atoms with E-state index in [2.05, 4.69) is 45.6 Å². The first-order chi connectivity index (χ1) is 16.7. The SMILES string of the molecule is Cn1c(N2C3CCCC2CN(C(=O)OC(C)(C)C)C3)nc2c(c(Br)nn2COCC[Si](C)(C)C)c1=O. The van der Waals surface area contributed by atoms with E-state index >= 15 is 0 Å². The largest absolute Gasteiger partial charge is 0.444 e. The van der Waals surface area contributed by atoms with Crippen molar-refractivity contribution in [2.24, 2.45) is 7.05 Å². The average molecular weight is 584 g/mol. The molecule has 2 aromatic heterocycles. The highest BCUT2D eigenvalue weighted by Crippen LogP contribution is 2.33. The third-order valence-corrected chi connectivity index (χ3v) is 8.98. The Morgan fingerprint density at radius 3 is 2.39 bits per heavy atom. The van der Waals surface area contributed by atoms with E-state index in [1.54, 1.807) is 21.2 Å². The van der Waals surface area contributed by atoms with Crippen LogP contribution in [0.2, 0.25) is 25.7 Å². The Bertz CT molecular complexity index is 1170. The molecule has 0 radical (unpaired) electrons. The normalized spacial score (nSPS) is 20.8. The second kappa shape index (κ2) is 10.1. The van der Waals surface area contributed by atoms with Crippen LogP contribution in [0.25, 0.3) is 11.0 Å². The Labute approximate surface area is 222 Å². The summed E-state index contributed by atoms with van der Waals surface area (Å²) in [5.74, 6) is 0.613. The van der Waals surface area contributed by atoms with Crippen LogP contribution in [0.3, 0.4) is 0 Å². The number of likely N-dealkylation sites (tertiary alicyclic amines) is 1. The maximum Gasteiger partial charge on any atom is 0.410 e. The van der Waals surface area contributed by atoms with Gasteiger partial charge in [0.15, 0.2) is 5.65 Å². The second-order valence-corrected chi connectivity index (χ2v) is 18.5. The Morgan fingerprint density at radius 2 is 1.81 bits per heavy atom. The lowest BCUT2D eigenvalue weighted by molar-refractivity contribution is 0.0153. The quantitative estimate of drug-likeness (QED) is 0.372. The number of anilines is 1. The fourth-order valence-corrected chi connectivity index (χ4v) is 6.21. The number of carbonyl (C=O) groups excluding carboxylic acids is 1. The Balaban J connectivity index is 1.63. The molecule has 2 aromatic rings. The van der Waals surface area contributed by atoms with Crippen LogP contribution in [0.15, 0.2) is 9.40 Å². The molecule has 2 aliphatic heterocycles. The van der Waals surface area contributed by atoms with Gasteiger partial charge in [-0.25, -0.2) is 9.48 Å². The number of piperazine rings is 1. The number of amides is 1. The van der Waals surface area contributed by atoms with Crippen molar-refractivity contribution in [2.45, 2.75) is 90.1 Å². The molecule has 200 valence electrons. The van der Waals surface area contributed by atoms with Crippen molar-refractivity contribution in [1.82, 2.24) is 24.2 Å². The zero-order valence-electron chi connectivity index (χ0n) is 22.5. The first-order valence-electron chi connectivity index (χ1n) is 12.7. The highest BCUT2D eigenvalue weighted by atomic mass is 79.9. The summed E-state index contributed by atoms with van der Waals surface area (Å²) < 4.78 is 15.3. The van der Waals surface area contributed by atoms with Crippen molar-refractivity contribution in [3.05, 3.63) is 15.0 Å². The zero-order valence-corrected chi connectivity index (χ0v) is 25.1. The molecule has 2 fully saturated rings. The number of aromatic nitrogens is 4. The number of carbonyl (C=O) groups is 1. The second-order valence-electron chi connectivity index (χ2n) is 12.1. The minimum Gasteiger partial charge on any atom is -0.444 e. The van der Waals surface area contributed by atoms with Crippen molar-refractivity contribution in [3.8, 4) is 0 Å². The van der Waals surface area contributed by atoms with Gasteiger partial charge in [-0.2, -0.15) is 10.1 Å². The maximum absolute atomic E-state index is 13.4. The third kappa shape index (κ3) is 5.80. The molecule has 10 nitrogen and oxygen atoms in total. The minimum absolute atomic E-state index is 0.0633. The standard InChI is InChI=1S/C24H39BrN6O4Si/c1-24(2,3)35-23(33)29-13-16-9-8-10-17(14-29)31(16)22-26-20-18(21(32)28(22)4)19(25)27-30(20)15-34-11-12-36(5,6)7/h16-17H,8-15H2,1-7H3. The molecule has 12 heteroatoms. The lowest BCUT2D eigenvalue weighted by Gasteiger charge is -2.50. The van der Waals surface area contributed by atoms with Gasteiger partial charge in [0.1, 0.15) is 22.3 Å². The molecule has 36 heavy (non-hydrogen) atoms. The van der Waals surface area contributed by atoms with Crippen molar-refractivity contribution in [3.63, 3.8) is 0 Å². The fourth-order valence-electron chi connectivity index (χ4n) is 4.91. The lowest BCUT2D eigenvalue weighted by Crippen LogP contribution is -2.63. The van der Waals surface area contributed by atoms with E-state index < -0.39 is 13.7 Å². The number of fused-ring (bicyclic) bond motifs is 3. The molecule has 0 spiro atoms. The Kier molecular flexibility index (Phi) is 7.60. The van der Waals surface area contributed by atoms with Gasteiger partial charge >= 0.3 is 6.09 Å². The van der Waals surface area contributed by atoms with Crippen LogP contribution in [-0.4, -0.2) is 75.8 Å². The average Bonchev–Trinajstić information content (AvgIpc) is 3.06. The molecule has 2 atom stereocenters. The van der Waals surface area contributed by atoms with Crippen LogP contribution >= 0.6 is 15.9 Å². The van der Waals surface area contributed by atoms with Crippen molar-refractivity contribution >= 4 is 47.1 Å². The van der Waals surface area contributed by atoms with E-state index in [0.29, 0.717) is 41.3 Å². The van der Waals surface area contributed by atoms with E-state index in [9.17, 15) is 9.59 Å². The van der Waals surface area contributed by atoms with Gasteiger partial charge in [0.25, 0.3) is 5.56 Å². The molecule has 4 heterocycles. The summed E-state index contributed by atoms with van der Waals surface area (Å²) >= 11 is 3.45. The molecule has 0 saturated carbocycles. The third-order valence-electron chi connectivity index (χ3n) is 6.72. The van der Waals surface area contributed by atoms with E-state index in [1.165, 1.54) is 0 Å².